The third-order valence-corrected chi connectivity index (χ3v) is 3.56. The Morgan fingerprint density at radius 2 is 2.20 bits per heavy atom. The fraction of sp³-hybridized carbons (Fsp3) is 0.500. The van der Waals surface area contributed by atoms with E-state index in [1.165, 1.54) is 0 Å². The van der Waals surface area contributed by atoms with E-state index in [9.17, 15) is 9.59 Å². The molecule has 0 radical (unpaired) electrons. The van der Waals surface area contributed by atoms with Crippen LogP contribution in [0.1, 0.15) is 5.56 Å². The minimum Gasteiger partial charge on any atom is -0.369 e. The number of nitrogens with two attached hydrogens (primary N) is 1. The standard InChI is InChI=1S/C14H20N4O2/c1-17-5-6-18(10-12(9-17)14(15)20)13(19)7-11-3-2-4-16-8-11/h2-4,8,12H,5-7,9-10H2,1H3,(H2,15,20). The molecule has 1 aromatic rings. The molecular formula is C14H20N4O2. The fourth-order valence-electron chi connectivity index (χ4n) is 2.37. The van der Waals surface area contributed by atoms with E-state index in [-0.39, 0.29) is 17.7 Å². The molecular weight excluding hydrogens is 256 g/mol. The zero-order valence-corrected chi connectivity index (χ0v) is 11.7. The highest BCUT2D eigenvalue weighted by Crippen LogP contribution is 2.10. The molecule has 0 aromatic carbocycles. The highest BCUT2D eigenvalue weighted by atomic mass is 16.2. The summed E-state index contributed by atoms with van der Waals surface area (Å²) >= 11 is 0. The van der Waals surface area contributed by atoms with Crippen LogP contribution in [-0.2, 0) is 16.0 Å². The summed E-state index contributed by atoms with van der Waals surface area (Å²) < 4.78 is 0. The van der Waals surface area contributed by atoms with Crippen LogP contribution >= 0.6 is 0 Å². The van der Waals surface area contributed by atoms with Gasteiger partial charge in [-0.15, -0.1) is 0 Å². The van der Waals surface area contributed by atoms with Gasteiger partial charge in [-0.1, -0.05) is 6.07 Å². The molecule has 1 aliphatic heterocycles. The number of primary amides is 1. The van der Waals surface area contributed by atoms with Crippen molar-refractivity contribution in [2.75, 3.05) is 33.2 Å². The van der Waals surface area contributed by atoms with Gasteiger partial charge in [-0.3, -0.25) is 14.6 Å². The van der Waals surface area contributed by atoms with Crippen molar-refractivity contribution in [3.63, 3.8) is 0 Å². The van der Waals surface area contributed by atoms with Crippen molar-refractivity contribution < 1.29 is 9.59 Å². The van der Waals surface area contributed by atoms with Gasteiger partial charge in [-0.05, 0) is 18.7 Å². The Balaban J connectivity index is 2.02. The lowest BCUT2D eigenvalue weighted by molar-refractivity contribution is -0.131. The molecule has 0 spiro atoms. The van der Waals surface area contributed by atoms with E-state index in [2.05, 4.69) is 4.98 Å². The summed E-state index contributed by atoms with van der Waals surface area (Å²) in [6.07, 6.45) is 3.68. The SMILES string of the molecule is CN1CCN(C(=O)Cc2cccnc2)CC(C(N)=O)C1. The highest BCUT2D eigenvalue weighted by Gasteiger charge is 2.27. The number of amides is 2. The van der Waals surface area contributed by atoms with Crippen molar-refractivity contribution in [1.82, 2.24) is 14.8 Å². The Bertz CT molecular complexity index is 477. The first-order chi connectivity index (χ1) is 9.56. The van der Waals surface area contributed by atoms with Crippen molar-refractivity contribution >= 4 is 11.8 Å². The van der Waals surface area contributed by atoms with Gasteiger partial charge in [-0.25, -0.2) is 0 Å². The van der Waals surface area contributed by atoms with Gasteiger partial charge in [-0.2, -0.15) is 0 Å². The summed E-state index contributed by atoms with van der Waals surface area (Å²) in [6, 6.07) is 3.69. The number of carbonyl (C=O) groups is 2. The summed E-state index contributed by atoms with van der Waals surface area (Å²) in [4.78, 5) is 31.5. The highest BCUT2D eigenvalue weighted by molar-refractivity contribution is 5.81. The van der Waals surface area contributed by atoms with Crippen LogP contribution < -0.4 is 5.73 Å². The molecule has 20 heavy (non-hydrogen) atoms. The van der Waals surface area contributed by atoms with Crippen molar-refractivity contribution in [2.24, 2.45) is 11.7 Å². The normalized spacial score (nSPS) is 20.4. The van der Waals surface area contributed by atoms with E-state index < -0.39 is 0 Å². The molecule has 2 amide bonds. The average Bonchev–Trinajstić information content (AvgIpc) is 2.62. The first-order valence-electron chi connectivity index (χ1n) is 6.71. The molecule has 2 heterocycles. The van der Waals surface area contributed by atoms with Crippen LogP contribution in [0.3, 0.4) is 0 Å². The van der Waals surface area contributed by atoms with Crippen LogP contribution in [-0.4, -0.2) is 59.8 Å². The Labute approximate surface area is 118 Å². The first-order valence-corrected chi connectivity index (χ1v) is 6.71. The van der Waals surface area contributed by atoms with E-state index in [4.69, 9.17) is 5.73 Å². The summed E-state index contributed by atoms with van der Waals surface area (Å²) in [6.45, 7) is 2.38. The maximum atomic E-state index is 12.3. The zero-order chi connectivity index (χ0) is 14.5. The van der Waals surface area contributed by atoms with Crippen LogP contribution in [0, 0.1) is 5.92 Å². The topological polar surface area (TPSA) is 79.5 Å². The van der Waals surface area contributed by atoms with Gasteiger partial charge < -0.3 is 15.5 Å². The second-order valence-electron chi connectivity index (χ2n) is 5.24. The lowest BCUT2D eigenvalue weighted by Crippen LogP contribution is -2.40. The molecule has 0 bridgehead atoms. The van der Waals surface area contributed by atoms with Crippen molar-refractivity contribution in [3.05, 3.63) is 30.1 Å². The molecule has 1 aliphatic rings. The van der Waals surface area contributed by atoms with Crippen LogP contribution in [0.15, 0.2) is 24.5 Å². The Kier molecular flexibility index (Phi) is 4.68. The van der Waals surface area contributed by atoms with Crippen LogP contribution in [0.2, 0.25) is 0 Å². The number of nitrogens with zero attached hydrogens (tertiary/aromatic N) is 3. The van der Waals surface area contributed by atoms with Gasteiger partial charge >= 0.3 is 0 Å². The molecule has 1 atom stereocenters. The molecule has 1 fully saturated rings. The zero-order valence-electron chi connectivity index (χ0n) is 11.7. The lowest BCUT2D eigenvalue weighted by atomic mass is 10.1. The van der Waals surface area contributed by atoms with Gasteiger partial charge in [0.15, 0.2) is 0 Å². The molecule has 2 rings (SSSR count). The number of hydrogen-bond acceptors (Lipinski definition) is 4. The second kappa shape index (κ2) is 6.47. The molecule has 0 aliphatic carbocycles. The van der Waals surface area contributed by atoms with Gasteiger partial charge in [0, 0.05) is 38.6 Å². The quantitative estimate of drug-likeness (QED) is 0.807. The minimum atomic E-state index is -0.349. The summed E-state index contributed by atoms with van der Waals surface area (Å²) in [5, 5.41) is 0. The molecule has 2 N–H and O–H groups in total. The summed E-state index contributed by atoms with van der Waals surface area (Å²) in [5.41, 5.74) is 6.28. The number of pyridine rings is 1. The van der Waals surface area contributed by atoms with Crippen LogP contribution in [0.25, 0.3) is 0 Å². The minimum absolute atomic E-state index is 0.0135. The summed E-state index contributed by atoms with van der Waals surface area (Å²) in [5.74, 6) is -0.641. The number of likely N-dealkylation sites (N-methyl/N-ethyl adjacent to an activating group) is 1. The smallest absolute Gasteiger partial charge is 0.227 e. The monoisotopic (exact) mass is 276 g/mol. The predicted molar refractivity (Wildman–Crippen MR) is 74.7 cm³/mol. The molecule has 108 valence electrons. The third kappa shape index (κ3) is 3.77. The van der Waals surface area contributed by atoms with E-state index in [1.807, 2.05) is 24.1 Å². The molecule has 1 saturated heterocycles. The Hall–Kier alpha value is -1.95. The van der Waals surface area contributed by atoms with Gasteiger partial charge in [0.05, 0.1) is 12.3 Å². The van der Waals surface area contributed by atoms with Gasteiger partial charge in [0.25, 0.3) is 0 Å². The number of rotatable bonds is 3. The molecule has 0 saturated carbocycles. The van der Waals surface area contributed by atoms with E-state index in [0.29, 0.717) is 26.1 Å². The lowest BCUT2D eigenvalue weighted by Gasteiger charge is -2.22. The van der Waals surface area contributed by atoms with Gasteiger partial charge in [0.2, 0.25) is 11.8 Å². The van der Waals surface area contributed by atoms with Crippen LogP contribution in [0.4, 0.5) is 0 Å². The number of hydrogen-bond donors (Lipinski definition) is 1. The molecule has 6 heteroatoms. The van der Waals surface area contributed by atoms with Crippen LogP contribution in [0.5, 0.6) is 0 Å². The van der Waals surface area contributed by atoms with Crippen molar-refractivity contribution in [2.45, 2.75) is 6.42 Å². The average molecular weight is 276 g/mol. The molecule has 1 unspecified atom stereocenters. The molecule has 1 aromatic heterocycles. The molecule has 6 nitrogen and oxygen atoms in total. The number of carbonyl (C=O) groups excluding carboxylic acids is 2. The van der Waals surface area contributed by atoms with Gasteiger partial charge in [0.1, 0.15) is 0 Å². The van der Waals surface area contributed by atoms with E-state index in [1.54, 1.807) is 17.3 Å². The third-order valence-electron chi connectivity index (χ3n) is 3.56. The Morgan fingerprint density at radius 3 is 2.85 bits per heavy atom. The van der Waals surface area contributed by atoms with E-state index in [0.717, 1.165) is 12.1 Å². The summed E-state index contributed by atoms with van der Waals surface area (Å²) in [7, 11) is 1.94. The second-order valence-corrected chi connectivity index (χ2v) is 5.24. The Morgan fingerprint density at radius 1 is 1.40 bits per heavy atom. The maximum absolute atomic E-state index is 12.3. The van der Waals surface area contributed by atoms with Crippen molar-refractivity contribution in [1.29, 1.82) is 0 Å². The maximum Gasteiger partial charge on any atom is 0.227 e. The predicted octanol–water partition coefficient (Wildman–Crippen LogP) is -0.500. The first kappa shape index (κ1) is 14.5. The largest absolute Gasteiger partial charge is 0.369 e. The fourth-order valence-corrected chi connectivity index (χ4v) is 2.37. The number of aromatic nitrogens is 1. The van der Waals surface area contributed by atoms with E-state index >= 15 is 0 Å². The van der Waals surface area contributed by atoms with Crippen molar-refractivity contribution in [3.8, 4) is 0 Å².